The number of benzene rings is 2. The molecule has 176 valence electrons. The van der Waals surface area contributed by atoms with E-state index in [-0.39, 0.29) is 11.5 Å². The molecule has 0 atom stereocenters. The number of hydrogen-bond acceptors (Lipinski definition) is 4. The Morgan fingerprint density at radius 3 is 2.35 bits per heavy atom. The van der Waals surface area contributed by atoms with Crippen LogP contribution in [0.4, 0.5) is 0 Å². The number of carbonyl (C=O) groups excluding carboxylic acids is 1. The Morgan fingerprint density at radius 1 is 0.941 bits per heavy atom. The Hall–Kier alpha value is -3.34. The number of furan rings is 1. The van der Waals surface area contributed by atoms with Gasteiger partial charge in [-0.25, -0.2) is 4.79 Å². The zero-order valence-electron chi connectivity index (χ0n) is 20.1. The van der Waals surface area contributed by atoms with E-state index in [2.05, 4.69) is 24.3 Å². The van der Waals surface area contributed by atoms with Crippen molar-refractivity contribution in [3.05, 3.63) is 80.9 Å². The summed E-state index contributed by atoms with van der Waals surface area (Å²) < 4.78 is 11.4. The average Bonchev–Trinajstić information content (AvgIpc) is 3.11. The summed E-state index contributed by atoms with van der Waals surface area (Å²) in [5, 5.41) is 1.93. The maximum atomic E-state index is 12.9. The quantitative estimate of drug-likeness (QED) is 0.351. The predicted octanol–water partition coefficient (Wildman–Crippen LogP) is 5.88. The van der Waals surface area contributed by atoms with E-state index in [1.54, 1.807) is 6.07 Å². The molecule has 5 heteroatoms. The Labute approximate surface area is 199 Å². The van der Waals surface area contributed by atoms with Crippen LogP contribution in [-0.4, -0.2) is 23.9 Å². The smallest absolute Gasteiger partial charge is 0.339 e. The van der Waals surface area contributed by atoms with Crippen molar-refractivity contribution in [1.29, 1.82) is 0 Å². The van der Waals surface area contributed by atoms with Crippen LogP contribution in [0.1, 0.15) is 47.3 Å². The molecule has 1 saturated heterocycles. The van der Waals surface area contributed by atoms with Gasteiger partial charge < -0.3 is 13.7 Å². The molecule has 0 saturated carbocycles. The van der Waals surface area contributed by atoms with Crippen molar-refractivity contribution in [2.45, 2.75) is 52.9 Å². The molecule has 4 aromatic rings. The highest BCUT2D eigenvalue weighted by molar-refractivity contribution is 5.96. The lowest BCUT2D eigenvalue weighted by Gasteiger charge is -2.32. The third-order valence-electron chi connectivity index (χ3n) is 7.51. The molecule has 0 bridgehead atoms. The molecule has 1 aliphatic rings. The monoisotopic (exact) mass is 457 g/mol. The first-order valence-electron chi connectivity index (χ1n) is 12.2. The number of nitrogens with zero attached hydrogens (tertiary/aromatic N) is 1. The Bertz CT molecular complexity index is 1410. The number of likely N-dealkylation sites (tertiary alicyclic amines) is 1. The number of carbonyl (C=O) groups is 1. The molecule has 1 aliphatic heterocycles. The van der Waals surface area contributed by atoms with Crippen LogP contribution in [0.3, 0.4) is 0 Å². The highest BCUT2D eigenvalue weighted by Crippen LogP contribution is 2.31. The molecule has 3 heterocycles. The maximum absolute atomic E-state index is 12.9. The number of fused-ring (bicyclic) bond motifs is 2. The van der Waals surface area contributed by atoms with E-state index >= 15 is 0 Å². The summed E-state index contributed by atoms with van der Waals surface area (Å²) in [4.78, 5) is 27.6. The van der Waals surface area contributed by atoms with Crippen LogP contribution in [0.15, 0.2) is 56.1 Å². The zero-order chi connectivity index (χ0) is 23.8. The fraction of sp³-hybridized carbons (Fsp3) is 0.379. The molecule has 2 aromatic carbocycles. The van der Waals surface area contributed by atoms with E-state index in [4.69, 9.17) is 8.83 Å². The summed E-state index contributed by atoms with van der Waals surface area (Å²) in [6.07, 6.45) is 3.85. The van der Waals surface area contributed by atoms with Crippen molar-refractivity contribution in [2.75, 3.05) is 13.1 Å². The van der Waals surface area contributed by atoms with Gasteiger partial charge in [-0.15, -0.1) is 0 Å². The minimum Gasteiger partial charge on any atom is -0.461 e. The van der Waals surface area contributed by atoms with Gasteiger partial charge in [-0.05, 0) is 75.1 Å². The summed E-state index contributed by atoms with van der Waals surface area (Å²) in [7, 11) is 0. The van der Waals surface area contributed by atoms with Crippen LogP contribution < -0.4 is 5.63 Å². The van der Waals surface area contributed by atoms with Gasteiger partial charge in [0.05, 0.1) is 0 Å². The molecule has 0 spiro atoms. The van der Waals surface area contributed by atoms with Crippen LogP contribution in [0, 0.1) is 26.7 Å². The van der Waals surface area contributed by atoms with Crippen LogP contribution in [0.2, 0.25) is 0 Å². The van der Waals surface area contributed by atoms with Crippen molar-refractivity contribution >= 4 is 27.8 Å². The normalized spacial score (nSPS) is 14.9. The number of aryl methyl sites for hydroxylation is 3. The highest BCUT2D eigenvalue weighted by Gasteiger charge is 2.24. The second kappa shape index (κ2) is 9.13. The molecule has 34 heavy (non-hydrogen) atoms. The molecule has 0 radical (unpaired) electrons. The predicted molar refractivity (Wildman–Crippen MR) is 134 cm³/mol. The number of hydrogen-bond donors (Lipinski definition) is 0. The lowest BCUT2D eigenvalue weighted by Crippen LogP contribution is -2.39. The van der Waals surface area contributed by atoms with Gasteiger partial charge in [-0.1, -0.05) is 30.3 Å². The first kappa shape index (κ1) is 22.5. The van der Waals surface area contributed by atoms with Gasteiger partial charge in [0.15, 0.2) is 0 Å². The van der Waals surface area contributed by atoms with Gasteiger partial charge in [0.25, 0.3) is 0 Å². The van der Waals surface area contributed by atoms with E-state index < -0.39 is 0 Å². The average molecular weight is 458 g/mol. The van der Waals surface area contributed by atoms with Gasteiger partial charge in [0, 0.05) is 41.9 Å². The van der Waals surface area contributed by atoms with Gasteiger partial charge in [-0.2, -0.15) is 0 Å². The fourth-order valence-corrected chi connectivity index (χ4v) is 5.24. The topological polar surface area (TPSA) is 63.7 Å². The maximum Gasteiger partial charge on any atom is 0.339 e. The van der Waals surface area contributed by atoms with Crippen molar-refractivity contribution < 1.29 is 13.6 Å². The summed E-state index contributed by atoms with van der Waals surface area (Å²) in [6, 6.07) is 14.4. The third-order valence-corrected chi connectivity index (χ3v) is 7.51. The van der Waals surface area contributed by atoms with Gasteiger partial charge >= 0.3 is 5.63 Å². The summed E-state index contributed by atoms with van der Waals surface area (Å²) in [5.41, 5.74) is 4.83. The summed E-state index contributed by atoms with van der Waals surface area (Å²) in [6.45, 7) is 7.49. The standard InChI is InChI=1S/C29H31NO4/c1-18-20(3)33-26-17-27-25(16-24(18)26)19(2)23(29(32)34-27)9-10-28(31)30-13-11-22(12-14-30)15-21-7-5-4-6-8-21/h4-8,16-17,22H,9-15H2,1-3H3. The Balaban J connectivity index is 1.26. The van der Waals surface area contributed by atoms with Crippen molar-refractivity contribution in [3.8, 4) is 0 Å². The van der Waals surface area contributed by atoms with E-state index in [9.17, 15) is 9.59 Å². The first-order valence-corrected chi connectivity index (χ1v) is 12.2. The summed E-state index contributed by atoms with van der Waals surface area (Å²) in [5.74, 6) is 1.60. The fourth-order valence-electron chi connectivity index (χ4n) is 5.24. The highest BCUT2D eigenvalue weighted by atomic mass is 16.4. The van der Waals surface area contributed by atoms with E-state index in [0.717, 1.165) is 65.6 Å². The lowest BCUT2D eigenvalue weighted by molar-refractivity contribution is -0.132. The van der Waals surface area contributed by atoms with Crippen molar-refractivity contribution in [1.82, 2.24) is 4.90 Å². The second-order valence-electron chi connectivity index (χ2n) is 9.63. The van der Waals surface area contributed by atoms with Crippen LogP contribution >= 0.6 is 0 Å². The molecular weight excluding hydrogens is 426 g/mol. The number of rotatable bonds is 5. The molecular formula is C29H31NO4. The Morgan fingerprint density at radius 2 is 1.62 bits per heavy atom. The number of piperidine rings is 1. The largest absolute Gasteiger partial charge is 0.461 e. The molecule has 0 aliphatic carbocycles. The first-order chi connectivity index (χ1) is 16.4. The molecule has 1 amide bonds. The van der Waals surface area contributed by atoms with Crippen LogP contribution in [-0.2, 0) is 17.6 Å². The van der Waals surface area contributed by atoms with Crippen LogP contribution in [0.25, 0.3) is 21.9 Å². The van der Waals surface area contributed by atoms with E-state index in [0.29, 0.717) is 29.9 Å². The van der Waals surface area contributed by atoms with Gasteiger partial charge in [0.1, 0.15) is 16.9 Å². The molecule has 5 nitrogen and oxygen atoms in total. The Kier molecular flexibility index (Phi) is 6.03. The SMILES string of the molecule is Cc1oc2cc3oc(=O)c(CCC(=O)N4CCC(Cc5ccccc5)CC4)c(C)c3cc2c1C. The molecule has 5 rings (SSSR count). The minimum atomic E-state index is -0.362. The molecule has 0 N–H and O–H groups in total. The van der Waals surface area contributed by atoms with E-state index in [1.807, 2.05) is 37.8 Å². The van der Waals surface area contributed by atoms with Gasteiger partial charge in [0.2, 0.25) is 5.91 Å². The third kappa shape index (κ3) is 4.27. The zero-order valence-corrected chi connectivity index (χ0v) is 20.1. The van der Waals surface area contributed by atoms with Crippen molar-refractivity contribution in [3.63, 3.8) is 0 Å². The van der Waals surface area contributed by atoms with E-state index in [1.165, 1.54) is 5.56 Å². The second-order valence-corrected chi connectivity index (χ2v) is 9.63. The van der Waals surface area contributed by atoms with Crippen molar-refractivity contribution in [2.24, 2.45) is 5.92 Å². The van der Waals surface area contributed by atoms with Gasteiger partial charge in [-0.3, -0.25) is 4.79 Å². The molecule has 1 fully saturated rings. The molecule has 2 aromatic heterocycles. The minimum absolute atomic E-state index is 0.119. The van der Waals surface area contributed by atoms with Crippen LogP contribution in [0.5, 0.6) is 0 Å². The molecule has 0 unspecified atom stereocenters. The lowest BCUT2D eigenvalue weighted by atomic mass is 9.90. The number of amides is 1. The summed E-state index contributed by atoms with van der Waals surface area (Å²) >= 11 is 0.